The molecule has 23 heavy (non-hydrogen) atoms. The van der Waals surface area contributed by atoms with Crippen LogP contribution in [0.25, 0.3) is 10.9 Å². The first-order chi connectivity index (χ1) is 11.2. The number of rotatable bonds is 4. The molecule has 0 saturated carbocycles. The van der Waals surface area contributed by atoms with Crippen LogP contribution in [0.5, 0.6) is 0 Å². The van der Waals surface area contributed by atoms with Crippen molar-refractivity contribution >= 4 is 16.9 Å². The molecule has 6 nitrogen and oxygen atoms in total. The van der Waals surface area contributed by atoms with Crippen molar-refractivity contribution in [3.05, 3.63) is 40.9 Å². The van der Waals surface area contributed by atoms with Gasteiger partial charge >= 0.3 is 5.97 Å². The van der Waals surface area contributed by atoms with Gasteiger partial charge in [-0.1, -0.05) is 18.6 Å². The minimum atomic E-state index is -0.196. The Kier molecular flexibility index (Phi) is 4.71. The van der Waals surface area contributed by atoms with E-state index in [0.29, 0.717) is 24.0 Å². The molecule has 0 amide bonds. The Morgan fingerprint density at radius 2 is 2.13 bits per heavy atom. The first-order valence-electron chi connectivity index (χ1n) is 7.97. The van der Waals surface area contributed by atoms with E-state index in [1.165, 1.54) is 7.11 Å². The zero-order valence-electron chi connectivity index (χ0n) is 13.3. The monoisotopic (exact) mass is 315 g/mol. The molecule has 1 aromatic heterocycles. The summed E-state index contributed by atoms with van der Waals surface area (Å²) in [4.78, 5) is 30.8. The van der Waals surface area contributed by atoms with Crippen molar-refractivity contribution in [3.8, 4) is 0 Å². The van der Waals surface area contributed by atoms with E-state index in [2.05, 4.69) is 9.88 Å². The number of hydrogen-bond acceptors (Lipinski definition) is 5. The highest BCUT2D eigenvalue weighted by atomic mass is 16.5. The second kappa shape index (κ2) is 6.91. The quantitative estimate of drug-likeness (QED) is 0.799. The minimum absolute atomic E-state index is 0.0396. The lowest BCUT2D eigenvalue weighted by atomic mass is 10.0. The van der Waals surface area contributed by atoms with Gasteiger partial charge in [0.1, 0.15) is 6.04 Å². The van der Waals surface area contributed by atoms with Gasteiger partial charge < -0.3 is 4.74 Å². The third-order valence-corrected chi connectivity index (χ3v) is 4.45. The number of hydrogen-bond donors (Lipinski definition) is 0. The Labute approximate surface area is 134 Å². The highest BCUT2D eigenvalue weighted by molar-refractivity contribution is 5.77. The smallest absolute Gasteiger partial charge is 0.323 e. The predicted molar refractivity (Wildman–Crippen MR) is 87.2 cm³/mol. The van der Waals surface area contributed by atoms with Gasteiger partial charge in [-0.15, -0.1) is 0 Å². The van der Waals surface area contributed by atoms with E-state index in [1.807, 2.05) is 18.2 Å². The fourth-order valence-electron chi connectivity index (χ4n) is 3.16. The summed E-state index contributed by atoms with van der Waals surface area (Å²) in [6, 6.07) is 7.14. The van der Waals surface area contributed by atoms with Gasteiger partial charge in [0.15, 0.2) is 0 Å². The fraction of sp³-hybridized carbons (Fsp3) is 0.471. The lowest BCUT2D eigenvalue weighted by Crippen LogP contribution is -2.46. The molecule has 6 heteroatoms. The van der Waals surface area contributed by atoms with E-state index < -0.39 is 0 Å². The average Bonchev–Trinajstić information content (AvgIpc) is 2.61. The molecule has 122 valence electrons. The van der Waals surface area contributed by atoms with E-state index in [0.717, 1.165) is 25.8 Å². The van der Waals surface area contributed by atoms with Gasteiger partial charge in [-0.2, -0.15) is 0 Å². The van der Waals surface area contributed by atoms with E-state index in [9.17, 15) is 9.59 Å². The van der Waals surface area contributed by atoms with Crippen LogP contribution in [0.2, 0.25) is 0 Å². The molecule has 0 N–H and O–H groups in total. The maximum Gasteiger partial charge on any atom is 0.323 e. The molecule has 2 heterocycles. The molecule has 0 unspecified atom stereocenters. The zero-order valence-corrected chi connectivity index (χ0v) is 13.3. The van der Waals surface area contributed by atoms with Crippen LogP contribution < -0.4 is 5.56 Å². The second-order valence-electron chi connectivity index (χ2n) is 5.83. The largest absolute Gasteiger partial charge is 0.468 e. The van der Waals surface area contributed by atoms with Gasteiger partial charge in [-0.25, -0.2) is 4.98 Å². The Morgan fingerprint density at radius 1 is 1.30 bits per heavy atom. The molecule has 1 fully saturated rings. The molecular weight excluding hydrogens is 294 g/mol. The third-order valence-electron chi connectivity index (χ3n) is 4.45. The molecule has 2 aromatic rings. The molecule has 1 aromatic carbocycles. The first-order valence-corrected chi connectivity index (χ1v) is 7.97. The molecule has 1 atom stereocenters. The number of para-hydroxylation sites is 1. The van der Waals surface area contributed by atoms with Gasteiger partial charge in [0.05, 0.1) is 24.3 Å². The number of benzene rings is 1. The summed E-state index contributed by atoms with van der Waals surface area (Å²) in [5.74, 6) is -0.186. The van der Waals surface area contributed by atoms with E-state index in [-0.39, 0.29) is 17.6 Å². The third kappa shape index (κ3) is 3.27. The highest BCUT2D eigenvalue weighted by Gasteiger charge is 2.29. The molecule has 3 rings (SSSR count). The van der Waals surface area contributed by atoms with E-state index >= 15 is 0 Å². The second-order valence-corrected chi connectivity index (χ2v) is 5.83. The lowest BCUT2D eigenvalue weighted by Gasteiger charge is -2.33. The number of fused-ring (bicyclic) bond motifs is 1. The Bertz CT molecular complexity index is 756. The summed E-state index contributed by atoms with van der Waals surface area (Å²) in [7, 11) is 1.42. The molecule has 0 radical (unpaired) electrons. The summed E-state index contributed by atoms with van der Waals surface area (Å²) < 4.78 is 6.51. The maximum atomic E-state index is 12.5. The summed E-state index contributed by atoms with van der Waals surface area (Å²) >= 11 is 0. The minimum Gasteiger partial charge on any atom is -0.468 e. The van der Waals surface area contributed by atoms with Crippen LogP contribution in [0, 0.1) is 0 Å². The molecule has 0 bridgehead atoms. The van der Waals surface area contributed by atoms with Crippen LogP contribution in [-0.2, 0) is 16.1 Å². The van der Waals surface area contributed by atoms with Crippen molar-refractivity contribution in [2.24, 2.45) is 0 Å². The lowest BCUT2D eigenvalue weighted by molar-refractivity contribution is -0.148. The molecule has 1 saturated heterocycles. The standard InChI is InChI=1S/C17H21N3O3/c1-23-17(22)15-8-4-5-9-19(15)10-11-20-12-18-14-7-3-2-6-13(14)16(20)21/h2-3,6-7,12,15H,4-5,8-11H2,1H3/t15-/m1/s1. The number of nitrogens with zero attached hydrogens (tertiary/aromatic N) is 3. The fourth-order valence-corrected chi connectivity index (χ4v) is 3.16. The van der Waals surface area contributed by atoms with Crippen LogP contribution in [0.1, 0.15) is 19.3 Å². The van der Waals surface area contributed by atoms with Crippen molar-refractivity contribution in [3.63, 3.8) is 0 Å². The number of methoxy groups -OCH3 is 1. The summed E-state index contributed by atoms with van der Waals surface area (Å²) in [6.45, 7) is 2.01. The van der Waals surface area contributed by atoms with Gasteiger partial charge in [0.2, 0.25) is 0 Å². The molecular formula is C17H21N3O3. The Balaban J connectivity index is 1.76. The maximum absolute atomic E-state index is 12.5. The van der Waals surface area contributed by atoms with Crippen LogP contribution in [0.3, 0.4) is 0 Å². The average molecular weight is 315 g/mol. The van der Waals surface area contributed by atoms with Gasteiger partial charge in [0, 0.05) is 13.1 Å². The first kappa shape index (κ1) is 15.7. The summed E-state index contributed by atoms with van der Waals surface area (Å²) in [5, 5.41) is 0.623. The summed E-state index contributed by atoms with van der Waals surface area (Å²) in [5.41, 5.74) is 0.668. The van der Waals surface area contributed by atoms with Crippen molar-refractivity contribution in [2.75, 3.05) is 20.2 Å². The number of carbonyl (C=O) groups excluding carboxylic acids is 1. The number of ether oxygens (including phenoxy) is 1. The number of likely N-dealkylation sites (tertiary alicyclic amines) is 1. The van der Waals surface area contributed by atoms with Crippen LogP contribution in [0.15, 0.2) is 35.4 Å². The van der Waals surface area contributed by atoms with Crippen LogP contribution >= 0.6 is 0 Å². The van der Waals surface area contributed by atoms with Crippen molar-refractivity contribution in [2.45, 2.75) is 31.8 Å². The van der Waals surface area contributed by atoms with Crippen molar-refractivity contribution in [1.29, 1.82) is 0 Å². The zero-order chi connectivity index (χ0) is 16.2. The Hall–Kier alpha value is -2.21. The normalized spacial score (nSPS) is 18.9. The molecule has 1 aliphatic heterocycles. The van der Waals surface area contributed by atoms with Gasteiger partial charge in [-0.05, 0) is 31.5 Å². The number of esters is 1. The van der Waals surface area contributed by atoms with Crippen molar-refractivity contribution < 1.29 is 9.53 Å². The SMILES string of the molecule is COC(=O)[C@H]1CCCCN1CCn1cnc2ccccc2c1=O. The van der Waals surface area contributed by atoms with Crippen molar-refractivity contribution in [1.82, 2.24) is 14.5 Å². The number of carbonyl (C=O) groups is 1. The van der Waals surface area contributed by atoms with Crippen LogP contribution in [-0.4, -0.2) is 46.7 Å². The van der Waals surface area contributed by atoms with E-state index in [4.69, 9.17) is 4.74 Å². The van der Waals surface area contributed by atoms with Crippen LogP contribution in [0.4, 0.5) is 0 Å². The van der Waals surface area contributed by atoms with E-state index in [1.54, 1.807) is 17.0 Å². The van der Waals surface area contributed by atoms with Gasteiger partial charge in [0.25, 0.3) is 5.56 Å². The summed E-state index contributed by atoms with van der Waals surface area (Å²) in [6.07, 6.45) is 4.51. The van der Waals surface area contributed by atoms with Gasteiger partial charge in [-0.3, -0.25) is 19.1 Å². The molecule has 1 aliphatic rings. The Morgan fingerprint density at radius 3 is 2.96 bits per heavy atom. The predicted octanol–water partition coefficient (Wildman–Crippen LogP) is 1.42. The molecule has 0 spiro atoms. The molecule has 0 aliphatic carbocycles. The highest BCUT2D eigenvalue weighted by Crippen LogP contribution is 2.18. The number of piperidine rings is 1. The number of aromatic nitrogens is 2. The topological polar surface area (TPSA) is 64.4 Å².